The Morgan fingerprint density at radius 2 is 1.79 bits per heavy atom. The van der Waals surface area contributed by atoms with Gasteiger partial charge in [0.15, 0.2) is 5.76 Å². The SMILES string of the molecule is O=C(NC1CCN(Cc2ccccc2)CC1)c1cc(-c2ccco2)nn1-c1ccc(Cl)cc1. The summed E-state index contributed by atoms with van der Waals surface area (Å²) in [5.74, 6) is 0.475. The Morgan fingerprint density at radius 1 is 1.03 bits per heavy atom. The molecule has 1 aliphatic rings. The van der Waals surface area contributed by atoms with Crippen molar-refractivity contribution in [1.29, 1.82) is 0 Å². The molecule has 1 fully saturated rings. The summed E-state index contributed by atoms with van der Waals surface area (Å²) in [6.45, 7) is 2.85. The van der Waals surface area contributed by atoms with Crippen LogP contribution >= 0.6 is 11.6 Å². The molecule has 0 atom stereocenters. The predicted molar refractivity (Wildman–Crippen MR) is 128 cm³/mol. The number of rotatable bonds is 6. The summed E-state index contributed by atoms with van der Waals surface area (Å²) in [4.78, 5) is 15.7. The molecule has 1 amide bonds. The van der Waals surface area contributed by atoms with Crippen molar-refractivity contribution >= 4 is 17.5 Å². The first-order chi connectivity index (χ1) is 16.2. The molecule has 0 bridgehead atoms. The lowest BCUT2D eigenvalue weighted by Crippen LogP contribution is -2.44. The molecule has 1 saturated heterocycles. The highest BCUT2D eigenvalue weighted by molar-refractivity contribution is 6.30. The first-order valence-corrected chi connectivity index (χ1v) is 11.5. The molecule has 1 aliphatic heterocycles. The van der Waals surface area contributed by atoms with E-state index >= 15 is 0 Å². The molecule has 33 heavy (non-hydrogen) atoms. The Labute approximate surface area is 197 Å². The predicted octanol–water partition coefficient (Wildman–Crippen LogP) is 5.18. The summed E-state index contributed by atoms with van der Waals surface area (Å²) < 4.78 is 7.15. The van der Waals surface area contributed by atoms with Gasteiger partial charge in [0.1, 0.15) is 11.4 Å². The van der Waals surface area contributed by atoms with E-state index in [1.165, 1.54) is 5.56 Å². The second-order valence-electron chi connectivity index (χ2n) is 8.29. The van der Waals surface area contributed by atoms with E-state index in [1.54, 1.807) is 35.2 Å². The number of carbonyl (C=O) groups is 1. The zero-order valence-corrected chi connectivity index (χ0v) is 18.9. The topological polar surface area (TPSA) is 63.3 Å². The van der Waals surface area contributed by atoms with Crippen LogP contribution in [-0.2, 0) is 6.54 Å². The van der Waals surface area contributed by atoms with Gasteiger partial charge in [-0.3, -0.25) is 9.69 Å². The van der Waals surface area contributed by atoms with Gasteiger partial charge >= 0.3 is 0 Å². The molecule has 4 aromatic rings. The summed E-state index contributed by atoms with van der Waals surface area (Å²) in [5.41, 5.74) is 3.16. The van der Waals surface area contributed by atoms with Crippen LogP contribution in [0.25, 0.3) is 17.1 Å². The van der Waals surface area contributed by atoms with Crippen LogP contribution in [0.3, 0.4) is 0 Å². The van der Waals surface area contributed by atoms with E-state index in [0.717, 1.165) is 38.2 Å². The van der Waals surface area contributed by atoms with Crippen LogP contribution in [0.1, 0.15) is 28.9 Å². The Kier molecular flexibility index (Phi) is 6.28. The van der Waals surface area contributed by atoms with Crippen LogP contribution < -0.4 is 5.32 Å². The minimum atomic E-state index is -0.142. The lowest BCUT2D eigenvalue weighted by molar-refractivity contribution is 0.0901. The highest BCUT2D eigenvalue weighted by Gasteiger charge is 2.24. The van der Waals surface area contributed by atoms with Gasteiger partial charge in [-0.05, 0) is 54.8 Å². The number of halogens is 1. The average Bonchev–Trinajstić information content (AvgIpc) is 3.52. The van der Waals surface area contributed by atoms with E-state index in [4.69, 9.17) is 16.0 Å². The highest BCUT2D eigenvalue weighted by atomic mass is 35.5. The zero-order valence-electron chi connectivity index (χ0n) is 18.2. The van der Waals surface area contributed by atoms with Crippen molar-refractivity contribution in [2.45, 2.75) is 25.4 Å². The summed E-state index contributed by atoms with van der Waals surface area (Å²) in [6, 6.07) is 23.3. The van der Waals surface area contributed by atoms with Crippen LogP contribution in [0.15, 0.2) is 83.5 Å². The zero-order chi connectivity index (χ0) is 22.6. The van der Waals surface area contributed by atoms with Crippen molar-refractivity contribution < 1.29 is 9.21 Å². The summed E-state index contributed by atoms with van der Waals surface area (Å²) >= 11 is 6.05. The molecule has 6 nitrogen and oxygen atoms in total. The van der Waals surface area contributed by atoms with Crippen LogP contribution in [0, 0.1) is 0 Å². The van der Waals surface area contributed by atoms with Crippen molar-refractivity contribution in [3.8, 4) is 17.1 Å². The number of benzene rings is 2. The number of nitrogens with zero attached hydrogens (tertiary/aromatic N) is 3. The lowest BCUT2D eigenvalue weighted by Gasteiger charge is -2.32. The quantitative estimate of drug-likeness (QED) is 0.430. The van der Waals surface area contributed by atoms with Gasteiger partial charge in [-0.2, -0.15) is 5.10 Å². The van der Waals surface area contributed by atoms with Gasteiger partial charge in [0.25, 0.3) is 5.91 Å². The highest BCUT2D eigenvalue weighted by Crippen LogP contribution is 2.24. The standard InChI is InChI=1S/C26H25ClN4O2/c27-20-8-10-22(11-9-20)31-24(17-23(29-31)25-7-4-16-33-25)26(32)28-21-12-14-30(15-13-21)18-19-5-2-1-3-6-19/h1-11,16-17,21H,12-15,18H2,(H,28,32). The van der Waals surface area contributed by atoms with Crippen molar-refractivity contribution in [3.63, 3.8) is 0 Å². The van der Waals surface area contributed by atoms with Gasteiger partial charge in [0.2, 0.25) is 0 Å². The maximum atomic E-state index is 13.3. The van der Waals surface area contributed by atoms with Gasteiger partial charge < -0.3 is 9.73 Å². The van der Waals surface area contributed by atoms with E-state index in [2.05, 4.69) is 39.6 Å². The number of nitrogens with one attached hydrogen (secondary N) is 1. The number of hydrogen-bond donors (Lipinski definition) is 1. The Bertz CT molecular complexity index is 1200. The van der Waals surface area contributed by atoms with Crippen molar-refractivity contribution in [2.24, 2.45) is 0 Å². The number of likely N-dealkylation sites (tertiary alicyclic amines) is 1. The molecule has 7 heteroatoms. The molecule has 0 saturated carbocycles. The third kappa shape index (κ3) is 5.02. The van der Waals surface area contributed by atoms with Crippen molar-refractivity contribution in [3.05, 3.63) is 95.3 Å². The smallest absolute Gasteiger partial charge is 0.270 e. The molecule has 168 valence electrons. The fraction of sp³-hybridized carbons (Fsp3) is 0.231. The number of aromatic nitrogens is 2. The average molecular weight is 461 g/mol. The summed E-state index contributed by atoms with van der Waals surface area (Å²) in [6.07, 6.45) is 3.43. The molecule has 0 radical (unpaired) electrons. The first kappa shape index (κ1) is 21.5. The Balaban J connectivity index is 1.29. The molecule has 3 heterocycles. The normalized spacial score (nSPS) is 14.9. The van der Waals surface area contributed by atoms with E-state index in [0.29, 0.717) is 22.2 Å². The second kappa shape index (κ2) is 9.65. The molecular formula is C26H25ClN4O2. The largest absolute Gasteiger partial charge is 0.463 e. The Morgan fingerprint density at radius 3 is 2.48 bits per heavy atom. The van der Waals surface area contributed by atoms with Gasteiger partial charge in [-0.15, -0.1) is 0 Å². The molecule has 2 aromatic carbocycles. The molecule has 2 aromatic heterocycles. The molecule has 0 aliphatic carbocycles. The fourth-order valence-electron chi connectivity index (χ4n) is 4.20. The molecule has 0 spiro atoms. The molecule has 5 rings (SSSR count). The minimum Gasteiger partial charge on any atom is -0.463 e. The fourth-order valence-corrected chi connectivity index (χ4v) is 4.33. The van der Waals surface area contributed by atoms with E-state index in [-0.39, 0.29) is 11.9 Å². The van der Waals surface area contributed by atoms with Crippen LogP contribution in [0.4, 0.5) is 0 Å². The van der Waals surface area contributed by atoms with Gasteiger partial charge in [0, 0.05) is 36.8 Å². The van der Waals surface area contributed by atoms with Gasteiger partial charge in [-0.25, -0.2) is 4.68 Å². The summed E-state index contributed by atoms with van der Waals surface area (Å²) in [7, 11) is 0. The van der Waals surface area contributed by atoms with Crippen molar-refractivity contribution in [2.75, 3.05) is 13.1 Å². The molecule has 1 N–H and O–H groups in total. The monoisotopic (exact) mass is 460 g/mol. The Hall–Kier alpha value is -3.35. The number of carbonyl (C=O) groups excluding carboxylic acids is 1. The van der Waals surface area contributed by atoms with Gasteiger partial charge in [0.05, 0.1) is 12.0 Å². The number of amides is 1. The maximum absolute atomic E-state index is 13.3. The third-order valence-electron chi connectivity index (χ3n) is 5.96. The lowest BCUT2D eigenvalue weighted by atomic mass is 10.0. The number of piperidine rings is 1. The summed E-state index contributed by atoms with van der Waals surface area (Å²) in [5, 5.41) is 8.48. The van der Waals surface area contributed by atoms with Gasteiger partial charge in [-0.1, -0.05) is 41.9 Å². The molecule has 0 unspecified atom stereocenters. The maximum Gasteiger partial charge on any atom is 0.270 e. The van der Waals surface area contributed by atoms with Crippen LogP contribution in [0.5, 0.6) is 0 Å². The third-order valence-corrected chi connectivity index (χ3v) is 6.21. The van der Waals surface area contributed by atoms with E-state index in [9.17, 15) is 4.79 Å². The van der Waals surface area contributed by atoms with Crippen LogP contribution in [0.2, 0.25) is 5.02 Å². The minimum absolute atomic E-state index is 0.130. The van der Waals surface area contributed by atoms with E-state index in [1.807, 2.05) is 24.3 Å². The molecular weight excluding hydrogens is 436 g/mol. The first-order valence-electron chi connectivity index (χ1n) is 11.1. The van der Waals surface area contributed by atoms with Crippen LogP contribution in [-0.4, -0.2) is 39.7 Å². The second-order valence-corrected chi connectivity index (χ2v) is 8.73. The van der Waals surface area contributed by atoms with E-state index < -0.39 is 0 Å². The number of hydrogen-bond acceptors (Lipinski definition) is 4. The number of furan rings is 1. The van der Waals surface area contributed by atoms with Crippen molar-refractivity contribution in [1.82, 2.24) is 20.0 Å².